The van der Waals surface area contributed by atoms with E-state index < -0.39 is 6.03 Å². The molecule has 3 rings (SSSR count). The van der Waals surface area contributed by atoms with Crippen molar-refractivity contribution in [2.45, 2.75) is 13.5 Å². The fraction of sp³-hybridized carbons (Fsp3) is 0.353. The average molecular weight is 363 g/mol. The quantitative estimate of drug-likeness (QED) is 0.824. The summed E-state index contributed by atoms with van der Waals surface area (Å²) in [5, 5.41) is 0.619. The Morgan fingerprint density at radius 1 is 1.40 bits per heavy atom. The van der Waals surface area contributed by atoms with Crippen LogP contribution in [0.4, 0.5) is 4.79 Å². The van der Waals surface area contributed by atoms with Crippen molar-refractivity contribution in [2.75, 3.05) is 26.7 Å². The first-order chi connectivity index (χ1) is 12.0. The number of amides is 3. The summed E-state index contributed by atoms with van der Waals surface area (Å²) in [6.07, 6.45) is 1.35. The molecule has 1 aromatic rings. The van der Waals surface area contributed by atoms with Gasteiger partial charge < -0.3 is 14.5 Å². The Morgan fingerprint density at radius 2 is 2.20 bits per heavy atom. The Bertz CT molecular complexity index is 762. The van der Waals surface area contributed by atoms with Crippen LogP contribution in [0.3, 0.4) is 0 Å². The van der Waals surface area contributed by atoms with E-state index in [9.17, 15) is 9.59 Å². The number of nitrogens with zero attached hydrogens (tertiary/aromatic N) is 4. The number of halogens is 1. The topological polar surface area (TPSA) is 65.5 Å². The Kier molecular flexibility index (Phi) is 4.94. The van der Waals surface area contributed by atoms with E-state index in [1.807, 2.05) is 25.1 Å². The van der Waals surface area contributed by atoms with Crippen LogP contribution in [0.2, 0.25) is 5.02 Å². The fourth-order valence-electron chi connectivity index (χ4n) is 2.62. The number of benzene rings is 1. The van der Waals surface area contributed by atoms with Crippen molar-refractivity contribution in [3.63, 3.8) is 0 Å². The van der Waals surface area contributed by atoms with Crippen LogP contribution in [0.25, 0.3) is 0 Å². The van der Waals surface area contributed by atoms with Crippen molar-refractivity contribution in [2.24, 2.45) is 4.99 Å². The van der Waals surface area contributed by atoms with Gasteiger partial charge in [0.15, 0.2) is 0 Å². The van der Waals surface area contributed by atoms with Gasteiger partial charge in [0.05, 0.1) is 0 Å². The number of carbonyl (C=O) groups is 2. The molecule has 0 saturated heterocycles. The van der Waals surface area contributed by atoms with Gasteiger partial charge in [0.2, 0.25) is 0 Å². The number of hydrogen-bond donors (Lipinski definition) is 0. The molecule has 0 saturated carbocycles. The van der Waals surface area contributed by atoms with Crippen LogP contribution in [-0.4, -0.2) is 59.3 Å². The van der Waals surface area contributed by atoms with Crippen LogP contribution in [0.1, 0.15) is 12.5 Å². The Hall–Kier alpha value is -2.54. The highest BCUT2D eigenvalue weighted by atomic mass is 35.5. The van der Waals surface area contributed by atoms with Gasteiger partial charge in [-0.25, -0.2) is 4.79 Å². The lowest BCUT2D eigenvalue weighted by atomic mass is 10.2. The molecule has 0 bridgehead atoms. The van der Waals surface area contributed by atoms with Gasteiger partial charge in [-0.3, -0.25) is 9.69 Å². The molecule has 3 amide bonds. The zero-order valence-electron chi connectivity index (χ0n) is 14.1. The third kappa shape index (κ3) is 3.61. The van der Waals surface area contributed by atoms with Gasteiger partial charge >= 0.3 is 12.1 Å². The van der Waals surface area contributed by atoms with Gasteiger partial charge in [-0.15, -0.1) is 4.99 Å². The molecule has 0 aliphatic carbocycles. The molecule has 0 aromatic heterocycles. The highest BCUT2D eigenvalue weighted by Gasteiger charge is 2.34. The van der Waals surface area contributed by atoms with E-state index in [0.717, 1.165) is 5.56 Å². The van der Waals surface area contributed by atoms with E-state index in [-0.39, 0.29) is 11.9 Å². The number of likely N-dealkylation sites (N-methyl/N-ethyl adjacent to an activating group) is 1. The first-order valence-electron chi connectivity index (χ1n) is 8.01. The molecule has 0 fully saturated rings. The molecule has 0 unspecified atom stereocenters. The lowest BCUT2D eigenvalue weighted by Crippen LogP contribution is -2.38. The molecule has 0 N–H and O–H groups in total. The monoisotopic (exact) mass is 362 g/mol. The van der Waals surface area contributed by atoms with Crippen LogP contribution in [0, 0.1) is 0 Å². The van der Waals surface area contributed by atoms with Crippen molar-refractivity contribution in [1.29, 1.82) is 0 Å². The minimum absolute atomic E-state index is 0.145. The molecule has 7 nitrogen and oxygen atoms in total. The normalized spacial score (nSPS) is 16.7. The second-order valence-electron chi connectivity index (χ2n) is 5.82. The molecule has 0 radical (unpaired) electrons. The molecular weight excluding hydrogens is 344 g/mol. The summed E-state index contributed by atoms with van der Waals surface area (Å²) in [6.45, 7) is 3.71. The number of amidine groups is 1. The Labute approximate surface area is 151 Å². The van der Waals surface area contributed by atoms with E-state index in [2.05, 4.69) is 4.99 Å². The first kappa shape index (κ1) is 17.3. The van der Waals surface area contributed by atoms with Crippen LogP contribution >= 0.6 is 11.6 Å². The highest BCUT2D eigenvalue weighted by Crippen LogP contribution is 2.21. The number of hydrogen-bond acceptors (Lipinski definition) is 4. The molecule has 0 spiro atoms. The lowest BCUT2D eigenvalue weighted by molar-refractivity contribution is -0.126. The van der Waals surface area contributed by atoms with Crippen molar-refractivity contribution in [3.8, 4) is 0 Å². The summed E-state index contributed by atoms with van der Waals surface area (Å²) in [6, 6.07) is 7.09. The van der Waals surface area contributed by atoms with Gasteiger partial charge in [-0.1, -0.05) is 23.7 Å². The zero-order chi connectivity index (χ0) is 18.0. The number of aliphatic imine (C=N–C) groups is 1. The van der Waals surface area contributed by atoms with Gasteiger partial charge in [0, 0.05) is 38.2 Å². The van der Waals surface area contributed by atoms with Gasteiger partial charge in [-0.2, -0.15) is 0 Å². The number of urea groups is 1. The third-order valence-electron chi connectivity index (χ3n) is 4.16. The van der Waals surface area contributed by atoms with Gasteiger partial charge in [0.25, 0.3) is 5.91 Å². The van der Waals surface area contributed by atoms with Crippen molar-refractivity contribution in [1.82, 2.24) is 14.7 Å². The van der Waals surface area contributed by atoms with Crippen molar-refractivity contribution < 1.29 is 14.3 Å². The molecule has 2 aliphatic rings. The van der Waals surface area contributed by atoms with Crippen LogP contribution < -0.4 is 0 Å². The summed E-state index contributed by atoms with van der Waals surface area (Å²) in [7, 11) is 1.72. The number of carbonyl (C=O) groups excluding carboxylic acids is 2. The molecule has 0 atom stereocenters. The maximum atomic E-state index is 12.4. The van der Waals surface area contributed by atoms with Crippen LogP contribution in [0.15, 0.2) is 41.2 Å². The van der Waals surface area contributed by atoms with Crippen LogP contribution in [-0.2, 0) is 16.1 Å². The number of fused-ring (bicyclic) bond motifs is 1. The van der Waals surface area contributed by atoms with Gasteiger partial charge in [0.1, 0.15) is 12.0 Å². The molecule has 25 heavy (non-hydrogen) atoms. The number of rotatable bonds is 4. The maximum Gasteiger partial charge on any atom is 0.348 e. The summed E-state index contributed by atoms with van der Waals surface area (Å²) in [5.74, 6) is -0.163. The standard InChI is InChI=1S/C17H19ClN4O3/c1-3-20(2)15(23)14-11-25-17-19-16(24)21(7-8-22(14)17)10-12-5-4-6-13(18)9-12/h4-6,9,11H,3,7-8,10H2,1-2H3. The molecule has 8 heteroatoms. The first-order valence-corrected chi connectivity index (χ1v) is 8.39. The third-order valence-corrected chi connectivity index (χ3v) is 4.39. The maximum absolute atomic E-state index is 12.4. The fourth-order valence-corrected chi connectivity index (χ4v) is 2.83. The molecule has 1 aromatic carbocycles. The predicted octanol–water partition coefficient (Wildman–Crippen LogP) is 2.28. The van der Waals surface area contributed by atoms with E-state index in [1.165, 1.54) is 6.26 Å². The predicted molar refractivity (Wildman–Crippen MR) is 93.9 cm³/mol. The second-order valence-corrected chi connectivity index (χ2v) is 6.26. The van der Waals surface area contributed by atoms with E-state index in [1.54, 1.807) is 27.8 Å². The van der Waals surface area contributed by atoms with Crippen LogP contribution in [0.5, 0.6) is 0 Å². The zero-order valence-corrected chi connectivity index (χ0v) is 14.9. The Morgan fingerprint density at radius 3 is 2.92 bits per heavy atom. The second kappa shape index (κ2) is 7.14. The van der Waals surface area contributed by atoms with Gasteiger partial charge in [-0.05, 0) is 24.6 Å². The van der Waals surface area contributed by atoms with Crippen molar-refractivity contribution in [3.05, 3.63) is 46.8 Å². The lowest BCUT2D eigenvalue weighted by Gasteiger charge is -2.23. The molecule has 2 aliphatic heterocycles. The summed E-state index contributed by atoms with van der Waals surface area (Å²) < 4.78 is 5.35. The summed E-state index contributed by atoms with van der Waals surface area (Å²) in [5.41, 5.74) is 1.31. The molecule has 132 valence electrons. The van der Waals surface area contributed by atoms with E-state index in [4.69, 9.17) is 16.3 Å². The largest absolute Gasteiger partial charge is 0.431 e. The molecular formula is C17H19ClN4O3. The SMILES string of the molecule is CCN(C)C(=O)C1=COC2=NC(=O)N(Cc3cccc(Cl)c3)CCN12. The smallest absolute Gasteiger partial charge is 0.348 e. The average Bonchev–Trinajstić information content (AvgIpc) is 2.92. The van der Waals surface area contributed by atoms with E-state index in [0.29, 0.717) is 36.9 Å². The minimum atomic E-state index is -0.400. The summed E-state index contributed by atoms with van der Waals surface area (Å²) in [4.78, 5) is 33.6. The van der Waals surface area contributed by atoms with E-state index >= 15 is 0 Å². The minimum Gasteiger partial charge on any atom is -0.431 e. The summed E-state index contributed by atoms with van der Waals surface area (Å²) >= 11 is 6.00. The Balaban J connectivity index is 1.74. The number of ether oxygens (including phenoxy) is 1. The highest BCUT2D eigenvalue weighted by molar-refractivity contribution is 6.30. The van der Waals surface area contributed by atoms with Crippen molar-refractivity contribution >= 4 is 29.6 Å². The molecule has 2 heterocycles.